The molecule has 320 valence electrons. The molecule has 0 radical (unpaired) electrons. The molecule has 2 aromatic rings. The standard InChI is InChI=1S/C17H30N2OS.C15H28N3OP.C8H7ClF3N.C2H6/c1-4-6-7-9-16(8-5-2)19(3)11-10-15-12-21-13-17(15)18-14-20;1-15-4-3-13(9-12(10-15)16-15)17-5-7-18(8-6-17)14(19)11-20-2;1-4-2-5(8(10,11)12)7(13)6(9)3-4;1-2/h12-14,16H,4-11H2,1-3H3,(H,18,20);12-13,16,20H,3-11H2,1-2H3;2-3H,13H2,1H3;1-2H3. The number of carbonyl (C=O) groups excluding carboxylic acids is 2. The largest absolute Gasteiger partial charge is 0.418 e. The zero-order valence-corrected chi connectivity index (χ0v) is 37.9. The number of benzene rings is 1. The second-order valence-corrected chi connectivity index (χ2v) is 17.6. The second kappa shape index (κ2) is 25.5. The summed E-state index contributed by atoms with van der Waals surface area (Å²) in [5.74, 6) is 0.364. The van der Waals surface area contributed by atoms with Crippen molar-refractivity contribution < 1.29 is 22.8 Å². The normalized spacial score (nSPS) is 21.4. The number of unbranched alkanes of at least 4 members (excludes halogenated alkanes) is 2. The van der Waals surface area contributed by atoms with Gasteiger partial charge in [0.1, 0.15) is 0 Å². The van der Waals surface area contributed by atoms with Crippen molar-refractivity contribution in [1.82, 2.24) is 20.0 Å². The van der Waals surface area contributed by atoms with Crippen LogP contribution in [0.25, 0.3) is 0 Å². The topological polar surface area (TPSA) is 93.9 Å². The van der Waals surface area contributed by atoms with E-state index in [1.54, 1.807) is 11.3 Å². The van der Waals surface area contributed by atoms with Gasteiger partial charge in [0, 0.05) is 67.9 Å². The molecule has 3 aliphatic heterocycles. The van der Waals surface area contributed by atoms with Crippen LogP contribution in [0.5, 0.6) is 0 Å². The Kier molecular flexibility index (Phi) is 22.9. The van der Waals surface area contributed by atoms with Crippen molar-refractivity contribution in [1.29, 1.82) is 0 Å². The van der Waals surface area contributed by atoms with Crippen molar-refractivity contribution in [3.63, 3.8) is 0 Å². The molecule has 8 nitrogen and oxygen atoms in total. The van der Waals surface area contributed by atoms with Gasteiger partial charge in [-0.3, -0.25) is 14.5 Å². The molecular formula is C42H71ClF3N6O2PS. The summed E-state index contributed by atoms with van der Waals surface area (Å²) in [6.07, 6.45) is 11.2. The summed E-state index contributed by atoms with van der Waals surface area (Å²) in [4.78, 5) is 29.7. The Hall–Kier alpha value is -1.95. The molecule has 1 saturated carbocycles. The highest BCUT2D eigenvalue weighted by Crippen LogP contribution is 2.39. The molecule has 2 bridgehead atoms. The van der Waals surface area contributed by atoms with Crippen LogP contribution in [0, 0.1) is 6.92 Å². The van der Waals surface area contributed by atoms with E-state index in [-0.39, 0.29) is 5.02 Å². The van der Waals surface area contributed by atoms with Crippen molar-refractivity contribution in [3.05, 3.63) is 44.6 Å². The maximum atomic E-state index is 12.3. The van der Waals surface area contributed by atoms with Crippen LogP contribution >= 0.6 is 31.5 Å². The van der Waals surface area contributed by atoms with E-state index in [1.807, 2.05) is 19.2 Å². The first kappa shape index (κ1) is 50.2. The minimum Gasteiger partial charge on any atom is -0.397 e. The van der Waals surface area contributed by atoms with E-state index < -0.39 is 17.4 Å². The van der Waals surface area contributed by atoms with E-state index in [9.17, 15) is 22.8 Å². The summed E-state index contributed by atoms with van der Waals surface area (Å²) >= 11 is 7.15. The molecule has 1 aromatic heterocycles. The number of aryl methyl sites for hydroxylation is 1. The summed E-state index contributed by atoms with van der Waals surface area (Å²) < 4.78 is 36.8. The summed E-state index contributed by atoms with van der Waals surface area (Å²) in [6.45, 7) is 19.6. The van der Waals surface area contributed by atoms with Crippen LogP contribution in [0.3, 0.4) is 0 Å². The lowest BCUT2D eigenvalue weighted by molar-refractivity contribution is -0.137. The molecule has 56 heavy (non-hydrogen) atoms. The van der Waals surface area contributed by atoms with Crippen LogP contribution in [-0.4, -0.2) is 103 Å². The first-order valence-corrected chi connectivity index (χ1v) is 23.7. The van der Waals surface area contributed by atoms with Crippen LogP contribution in [0.1, 0.15) is 116 Å². The lowest BCUT2D eigenvalue weighted by Crippen LogP contribution is -2.60. The third-order valence-electron chi connectivity index (χ3n) is 11.0. The van der Waals surface area contributed by atoms with Gasteiger partial charge < -0.3 is 26.2 Å². The Morgan fingerprint density at radius 3 is 2.43 bits per heavy atom. The van der Waals surface area contributed by atoms with Crippen LogP contribution in [0.2, 0.25) is 5.02 Å². The number of hydrogen-bond donors (Lipinski definition) is 3. The molecule has 4 heterocycles. The van der Waals surface area contributed by atoms with Crippen molar-refractivity contribution >= 4 is 55.2 Å². The smallest absolute Gasteiger partial charge is 0.397 e. The first-order valence-electron chi connectivity index (χ1n) is 20.7. The average Bonchev–Trinajstić information content (AvgIpc) is 3.44. The number of nitrogens with two attached hydrogens (primary N) is 1. The number of fused-ring (bicyclic) bond motifs is 3. The third-order valence-corrected chi connectivity index (χ3v) is 12.8. The minimum absolute atomic E-state index is 0.0627. The molecule has 6 rings (SSSR count). The van der Waals surface area contributed by atoms with Crippen molar-refractivity contribution in [2.75, 3.05) is 63.6 Å². The summed E-state index contributed by atoms with van der Waals surface area (Å²) in [5.41, 5.74) is 6.98. The van der Waals surface area contributed by atoms with E-state index in [4.69, 9.17) is 17.3 Å². The molecule has 4 N–H and O–H groups in total. The molecule has 2 amide bonds. The molecule has 14 heteroatoms. The Labute approximate surface area is 347 Å². The van der Waals surface area contributed by atoms with Gasteiger partial charge in [-0.2, -0.15) is 13.2 Å². The molecule has 1 aromatic carbocycles. The number of nitrogen functional groups attached to an aromatic ring is 1. The Bertz CT molecular complexity index is 1440. The lowest BCUT2D eigenvalue weighted by Gasteiger charge is -2.45. The number of alkyl halides is 3. The summed E-state index contributed by atoms with van der Waals surface area (Å²) in [5, 5.41) is 10.6. The number of rotatable bonds is 15. The van der Waals surface area contributed by atoms with Gasteiger partial charge in [-0.05, 0) is 101 Å². The molecular weight excluding hydrogens is 776 g/mol. The van der Waals surface area contributed by atoms with Gasteiger partial charge >= 0.3 is 6.18 Å². The number of hydrogen-bond acceptors (Lipinski definition) is 7. The Morgan fingerprint density at radius 2 is 1.84 bits per heavy atom. The second-order valence-electron chi connectivity index (χ2n) is 15.4. The van der Waals surface area contributed by atoms with E-state index in [1.165, 1.54) is 82.8 Å². The number of piperazine rings is 1. The van der Waals surface area contributed by atoms with Gasteiger partial charge in [-0.1, -0.05) is 65.0 Å². The molecule has 3 saturated heterocycles. The van der Waals surface area contributed by atoms with Gasteiger partial charge in [-0.25, -0.2) is 0 Å². The first-order chi connectivity index (χ1) is 26.6. The maximum absolute atomic E-state index is 12.3. The molecule has 1 aliphatic carbocycles. The highest BCUT2D eigenvalue weighted by Gasteiger charge is 2.44. The molecule has 0 spiro atoms. The van der Waals surface area contributed by atoms with Gasteiger partial charge in [-0.15, -0.1) is 19.9 Å². The zero-order chi connectivity index (χ0) is 41.9. The van der Waals surface area contributed by atoms with Crippen LogP contribution in [-0.2, 0) is 22.2 Å². The quantitative estimate of drug-likeness (QED) is 0.0716. The number of carbonyl (C=O) groups is 2. The summed E-state index contributed by atoms with van der Waals surface area (Å²) in [6, 6.07) is 4.55. The minimum atomic E-state index is -4.44. The number of nitrogens with zero attached hydrogens (tertiary/aromatic N) is 3. The molecule has 4 aliphatic rings. The fraction of sp³-hybridized carbons (Fsp3) is 0.714. The molecule has 5 atom stereocenters. The highest BCUT2D eigenvalue weighted by molar-refractivity contribution is 7.38. The third kappa shape index (κ3) is 16.4. The predicted molar refractivity (Wildman–Crippen MR) is 235 cm³/mol. The van der Waals surface area contributed by atoms with Crippen LogP contribution in [0.4, 0.5) is 24.5 Å². The predicted octanol–water partition coefficient (Wildman–Crippen LogP) is 9.93. The number of amides is 2. The SMILES string of the molecule is CC.CCCCCC(CCC)N(C)CCc1cscc1NC=O.CPCC(=O)N1CCN(C2CCC3(C)CC(C2)N3)CC1.Cc1cc(Cl)c(N)c(C(F)(F)F)c1. The van der Waals surface area contributed by atoms with Crippen molar-refractivity contribution in [3.8, 4) is 0 Å². The number of halogens is 4. The monoisotopic (exact) mass is 846 g/mol. The van der Waals surface area contributed by atoms with Crippen molar-refractivity contribution in [2.45, 2.75) is 142 Å². The van der Waals surface area contributed by atoms with Crippen LogP contribution < -0.4 is 16.4 Å². The number of thiophene rings is 1. The van der Waals surface area contributed by atoms with Gasteiger partial charge in [0.05, 0.1) is 22.0 Å². The highest BCUT2D eigenvalue weighted by atomic mass is 35.5. The van der Waals surface area contributed by atoms with Crippen molar-refractivity contribution in [2.24, 2.45) is 0 Å². The summed E-state index contributed by atoms with van der Waals surface area (Å²) in [7, 11) is 2.99. The number of likely N-dealkylation sites (N-methyl/N-ethyl adjacent to an activating group) is 1. The lowest BCUT2D eigenvalue weighted by atomic mass is 9.82. The fourth-order valence-corrected chi connectivity index (χ4v) is 9.55. The molecule has 4 fully saturated rings. The van der Waals surface area contributed by atoms with Gasteiger partial charge in [0.15, 0.2) is 0 Å². The number of anilines is 2. The van der Waals surface area contributed by atoms with Gasteiger partial charge in [0.25, 0.3) is 0 Å². The fourth-order valence-electron chi connectivity index (χ4n) is 7.92. The molecule has 5 unspecified atom stereocenters. The van der Waals surface area contributed by atoms with E-state index in [0.29, 0.717) is 23.1 Å². The van der Waals surface area contributed by atoms with E-state index >= 15 is 0 Å². The van der Waals surface area contributed by atoms with Gasteiger partial charge in [0.2, 0.25) is 12.3 Å². The van der Waals surface area contributed by atoms with Crippen LogP contribution in [0.15, 0.2) is 22.9 Å². The Balaban J connectivity index is 0.000000291. The zero-order valence-electron chi connectivity index (χ0n) is 35.3. The average molecular weight is 848 g/mol. The number of nitrogens with one attached hydrogen (secondary N) is 2. The van der Waals surface area contributed by atoms with E-state index in [2.05, 4.69) is 65.2 Å². The Morgan fingerprint density at radius 1 is 1.16 bits per heavy atom. The van der Waals surface area contributed by atoms with E-state index in [0.717, 1.165) is 84.1 Å². The maximum Gasteiger partial charge on any atom is 0.418 e.